The molecule has 3 heterocycles. The average molecular weight is 429 g/mol. The summed E-state index contributed by atoms with van der Waals surface area (Å²) < 4.78 is 16.7. The maximum atomic E-state index is 13.7. The first-order valence-electron chi connectivity index (χ1n) is 10.6. The number of aromatic nitrogens is 2. The van der Waals surface area contributed by atoms with E-state index in [1.54, 1.807) is 4.90 Å². The fraction of sp³-hybridized carbons (Fsp3) is 0.240. The summed E-state index contributed by atoms with van der Waals surface area (Å²) in [6.45, 7) is 5.85. The Bertz CT molecular complexity index is 1280. The zero-order valence-electron chi connectivity index (χ0n) is 18.0. The number of hydrogen-bond acceptors (Lipinski definition) is 6. The van der Waals surface area contributed by atoms with E-state index >= 15 is 0 Å². The molecule has 1 aliphatic heterocycles. The van der Waals surface area contributed by atoms with Crippen LogP contribution in [0.2, 0.25) is 0 Å². The fourth-order valence-electron chi connectivity index (χ4n) is 3.92. The molecule has 7 heteroatoms. The van der Waals surface area contributed by atoms with Gasteiger partial charge in [0.2, 0.25) is 0 Å². The molecule has 0 spiro atoms. The topological polar surface area (TPSA) is 77.7 Å². The molecule has 0 saturated carbocycles. The highest BCUT2D eigenvalue weighted by molar-refractivity contribution is 6.07. The van der Waals surface area contributed by atoms with Crippen LogP contribution in [0.15, 0.2) is 59.1 Å². The molecule has 1 amide bonds. The Labute approximate surface area is 185 Å². The van der Waals surface area contributed by atoms with Crippen molar-refractivity contribution < 1.29 is 18.8 Å². The number of rotatable bonds is 5. The monoisotopic (exact) mass is 429 g/mol. The summed E-state index contributed by atoms with van der Waals surface area (Å²) in [5.74, 6) is 1.35. The third-order valence-corrected chi connectivity index (χ3v) is 5.57. The molecule has 32 heavy (non-hydrogen) atoms. The van der Waals surface area contributed by atoms with Crippen molar-refractivity contribution in [3.8, 4) is 22.8 Å². The van der Waals surface area contributed by atoms with Crippen molar-refractivity contribution in [1.29, 1.82) is 0 Å². The van der Waals surface area contributed by atoms with Gasteiger partial charge in [0, 0.05) is 18.7 Å². The summed E-state index contributed by atoms with van der Waals surface area (Å²) in [6.07, 6.45) is 0. The number of ether oxygens (including phenoxy) is 2. The molecule has 5 rings (SSSR count). The summed E-state index contributed by atoms with van der Waals surface area (Å²) in [5.41, 5.74) is 4.10. The summed E-state index contributed by atoms with van der Waals surface area (Å²) >= 11 is 0. The minimum absolute atomic E-state index is 0.0988. The lowest BCUT2D eigenvalue weighted by Crippen LogP contribution is -2.30. The van der Waals surface area contributed by atoms with Gasteiger partial charge in [-0.25, -0.2) is 4.98 Å². The summed E-state index contributed by atoms with van der Waals surface area (Å²) in [4.78, 5) is 20.1. The van der Waals surface area contributed by atoms with Gasteiger partial charge in [-0.05, 0) is 37.6 Å². The second-order valence-electron chi connectivity index (χ2n) is 7.67. The first kappa shape index (κ1) is 20.1. The van der Waals surface area contributed by atoms with Gasteiger partial charge in [-0.1, -0.05) is 41.6 Å². The highest BCUT2D eigenvalue weighted by atomic mass is 16.6. The molecule has 1 aliphatic rings. The zero-order chi connectivity index (χ0) is 22.1. The summed E-state index contributed by atoms with van der Waals surface area (Å²) in [7, 11) is 0. The van der Waals surface area contributed by atoms with Crippen LogP contribution in [0, 0.1) is 6.92 Å². The number of nitrogens with zero attached hydrogens (tertiary/aromatic N) is 3. The molecule has 0 atom stereocenters. The molecule has 0 saturated heterocycles. The Balaban J connectivity index is 1.52. The molecule has 4 aromatic rings. The number of pyridine rings is 1. The predicted molar refractivity (Wildman–Crippen MR) is 120 cm³/mol. The maximum absolute atomic E-state index is 13.7. The van der Waals surface area contributed by atoms with E-state index in [0.29, 0.717) is 60.1 Å². The van der Waals surface area contributed by atoms with E-state index in [9.17, 15) is 4.79 Å². The molecule has 0 N–H and O–H groups in total. The second-order valence-corrected chi connectivity index (χ2v) is 7.67. The molecule has 0 radical (unpaired) electrons. The SMILES string of the molecule is CCN(Cc1ccc2c(c1)OCCO2)C(=O)c1cc(-c2ccccc2)nc2onc(C)c12. The van der Waals surface area contributed by atoms with Crippen LogP contribution in [0.5, 0.6) is 11.5 Å². The van der Waals surface area contributed by atoms with Gasteiger partial charge in [0.1, 0.15) is 13.2 Å². The number of carbonyl (C=O) groups excluding carboxylic acids is 1. The third kappa shape index (κ3) is 3.66. The van der Waals surface area contributed by atoms with Gasteiger partial charge in [-0.15, -0.1) is 0 Å². The van der Waals surface area contributed by atoms with E-state index in [2.05, 4.69) is 10.1 Å². The Morgan fingerprint density at radius 3 is 2.59 bits per heavy atom. The van der Waals surface area contributed by atoms with Gasteiger partial charge in [-0.2, -0.15) is 0 Å². The number of aryl methyl sites for hydroxylation is 1. The number of amides is 1. The van der Waals surface area contributed by atoms with Crippen molar-refractivity contribution in [3.63, 3.8) is 0 Å². The fourth-order valence-corrected chi connectivity index (χ4v) is 3.92. The summed E-state index contributed by atoms with van der Waals surface area (Å²) in [5, 5.41) is 4.70. The lowest BCUT2D eigenvalue weighted by Gasteiger charge is -2.23. The van der Waals surface area contributed by atoms with Crippen molar-refractivity contribution >= 4 is 17.0 Å². The maximum Gasteiger partial charge on any atom is 0.259 e. The van der Waals surface area contributed by atoms with Crippen LogP contribution < -0.4 is 9.47 Å². The Kier molecular flexibility index (Phi) is 5.23. The number of hydrogen-bond donors (Lipinski definition) is 0. The largest absolute Gasteiger partial charge is 0.486 e. The van der Waals surface area contributed by atoms with Gasteiger partial charge in [-0.3, -0.25) is 4.79 Å². The molecular weight excluding hydrogens is 406 g/mol. The Morgan fingerprint density at radius 2 is 1.81 bits per heavy atom. The smallest absolute Gasteiger partial charge is 0.259 e. The minimum atomic E-state index is -0.0988. The quantitative estimate of drug-likeness (QED) is 0.460. The van der Waals surface area contributed by atoms with Gasteiger partial charge in [0.25, 0.3) is 11.6 Å². The molecule has 2 aromatic carbocycles. The van der Waals surface area contributed by atoms with Crippen molar-refractivity contribution in [2.45, 2.75) is 20.4 Å². The van der Waals surface area contributed by atoms with E-state index < -0.39 is 0 Å². The second kappa shape index (κ2) is 8.34. The summed E-state index contributed by atoms with van der Waals surface area (Å²) in [6, 6.07) is 17.4. The third-order valence-electron chi connectivity index (χ3n) is 5.57. The molecule has 0 bridgehead atoms. The van der Waals surface area contributed by atoms with Gasteiger partial charge in [0.05, 0.1) is 22.3 Å². The van der Waals surface area contributed by atoms with Crippen LogP contribution >= 0.6 is 0 Å². The van der Waals surface area contributed by atoms with Gasteiger partial charge in [0.15, 0.2) is 11.5 Å². The number of fused-ring (bicyclic) bond motifs is 2. The Morgan fingerprint density at radius 1 is 1.03 bits per heavy atom. The van der Waals surface area contributed by atoms with Crippen molar-refractivity contribution in [2.24, 2.45) is 0 Å². The van der Waals surface area contributed by atoms with E-state index in [4.69, 9.17) is 14.0 Å². The molecule has 7 nitrogen and oxygen atoms in total. The molecule has 0 aliphatic carbocycles. The molecule has 162 valence electrons. The van der Waals surface area contributed by atoms with Crippen LogP contribution in [0.3, 0.4) is 0 Å². The molecular formula is C25H23N3O4. The van der Waals surface area contributed by atoms with Crippen LogP contribution in [0.25, 0.3) is 22.4 Å². The standard InChI is InChI=1S/C25H23N3O4/c1-3-28(15-17-9-10-21-22(13-17)31-12-11-30-21)25(29)19-14-20(18-7-5-4-6-8-18)26-24-23(19)16(2)27-32-24/h4-10,13-14H,3,11-12,15H2,1-2H3. The van der Waals surface area contributed by atoms with Crippen LogP contribution in [-0.2, 0) is 6.54 Å². The predicted octanol–water partition coefficient (Wildman–Crippen LogP) is 4.63. The highest BCUT2D eigenvalue weighted by Gasteiger charge is 2.23. The average Bonchev–Trinajstić information content (AvgIpc) is 3.22. The van der Waals surface area contributed by atoms with Crippen LogP contribution in [-0.4, -0.2) is 40.7 Å². The van der Waals surface area contributed by atoms with Gasteiger partial charge >= 0.3 is 0 Å². The van der Waals surface area contributed by atoms with Crippen LogP contribution in [0.1, 0.15) is 28.5 Å². The first-order chi connectivity index (χ1) is 15.6. The molecule has 0 fully saturated rings. The van der Waals surface area contributed by atoms with E-state index in [0.717, 1.165) is 16.9 Å². The van der Waals surface area contributed by atoms with Crippen molar-refractivity contribution in [2.75, 3.05) is 19.8 Å². The Hall–Kier alpha value is -3.87. The van der Waals surface area contributed by atoms with E-state index in [1.165, 1.54) is 0 Å². The van der Waals surface area contributed by atoms with Crippen molar-refractivity contribution in [1.82, 2.24) is 15.0 Å². The van der Waals surface area contributed by atoms with E-state index in [-0.39, 0.29) is 5.91 Å². The number of carbonyl (C=O) groups is 1. The van der Waals surface area contributed by atoms with Crippen LogP contribution in [0.4, 0.5) is 0 Å². The number of benzene rings is 2. The molecule has 0 unspecified atom stereocenters. The van der Waals surface area contributed by atoms with Crippen molar-refractivity contribution in [3.05, 3.63) is 71.4 Å². The molecule has 2 aromatic heterocycles. The lowest BCUT2D eigenvalue weighted by molar-refractivity contribution is 0.0754. The minimum Gasteiger partial charge on any atom is -0.486 e. The highest BCUT2D eigenvalue weighted by Crippen LogP contribution is 2.32. The van der Waals surface area contributed by atoms with E-state index in [1.807, 2.05) is 68.4 Å². The first-order valence-corrected chi connectivity index (χ1v) is 10.6. The lowest BCUT2D eigenvalue weighted by atomic mass is 10.0. The van der Waals surface area contributed by atoms with Gasteiger partial charge < -0.3 is 18.9 Å². The normalized spacial score (nSPS) is 12.7. The zero-order valence-corrected chi connectivity index (χ0v) is 18.0.